The Morgan fingerprint density at radius 1 is 0.618 bits per heavy atom. The second kappa shape index (κ2) is 11.0. The molecule has 4 aromatic rings. The Morgan fingerprint density at radius 2 is 1.09 bits per heavy atom. The maximum Gasteiger partial charge on any atom is 0.184 e. The molecule has 0 amide bonds. The minimum absolute atomic E-state index is 0.988. The van der Waals surface area contributed by atoms with Crippen LogP contribution in [0.15, 0.2) is 109 Å². The van der Waals surface area contributed by atoms with Crippen molar-refractivity contribution in [3.8, 4) is 11.8 Å². The molecule has 0 saturated heterocycles. The van der Waals surface area contributed by atoms with Gasteiger partial charge in [0.15, 0.2) is 12.4 Å². The summed E-state index contributed by atoms with van der Waals surface area (Å²) >= 11 is 0. The van der Waals surface area contributed by atoms with Crippen LogP contribution in [0.2, 0.25) is 0 Å². The van der Waals surface area contributed by atoms with E-state index in [0.717, 1.165) is 28.2 Å². The summed E-state index contributed by atoms with van der Waals surface area (Å²) in [6.07, 6.45) is 12.4. The Bertz CT molecular complexity index is 1290. The fraction of sp³-hybridized carbons (Fsp3) is 0.0938. The van der Waals surface area contributed by atoms with Crippen LogP contribution in [0, 0.1) is 11.8 Å². The molecule has 34 heavy (non-hydrogen) atoms. The van der Waals surface area contributed by atoms with Crippen LogP contribution in [0.5, 0.6) is 0 Å². The van der Waals surface area contributed by atoms with Crippen molar-refractivity contribution in [1.29, 1.82) is 0 Å². The summed E-state index contributed by atoms with van der Waals surface area (Å²) in [7, 11) is 2.00. The van der Waals surface area contributed by atoms with Crippen LogP contribution in [-0.4, -0.2) is 0 Å². The minimum atomic E-state index is 0.988. The Morgan fingerprint density at radius 3 is 1.56 bits per heavy atom. The third-order valence-corrected chi connectivity index (χ3v) is 5.44. The molecule has 0 unspecified atom stereocenters. The van der Waals surface area contributed by atoms with E-state index >= 15 is 0 Å². The maximum absolute atomic E-state index is 3.28. The second-order valence-electron chi connectivity index (χ2n) is 8.07. The van der Waals surface area contributed by atoms with Gasteiger partial charge < -0.3 is 4.90 Å². The molecule has 3 aromatic carbocycles. The lowest BCUT2D eigenvalue weighted by molar-refractivity contribution is -0.671. The van der Waals surface area contributed by atoms with E-state index < -0.39 is 0 Å². The van der Waals surface area contributed by atoms with Gasteiger partial charge >= 0.3 is 0 Å². The molecule has 0 aliphatic carbocycles. The van der Waals surface area contributed by atoms with Gasteiger partial charge in [-0.2, -0.15) is 0 Å². The quantitative estimate of drug-likeness (QED) is 0.230. The molecule has 0 radical (unpaired) electrons. The van der Waals surface area contributed by atoms with Crippen molar-refractivity contribution >= 4 is 29.2 Å². The molecule has 0 spiro atoms. The average Bonchev–Trinajstić information content (AvgIpc) is 2.86. The van der Waals surface area contributed by atoms with Gasteiger partial charge in [-0.25, -0.2) is 4.57 Å². The van der Waals surface area contributed by atoms with E-state index in [4.69, 9.17) is 0 Å². The van der Waals surface area contributed by atoms with Crippen LogP contribution in [0.1, 0.15) is 36.1 Å². The van der Waals surface area contributed by atoms with E-state index in [1.54, 1.807) is 0 Å². The average molecular weight is 442 g/mol. The number of anilines is 3. The summed E-state index contributed by atoms with van der Waals surface area (Å²) in [5.41, 5.74) is 7.68. The highest BCUT2D eigenvalue weighted by molar-refractivity contribution is 5.78. The lowest BCUT2D eigenvalue weighted by Crippen LogP contribution is -2.26. The van der Waals surface area contributed by atoms with Crippen LogP contribution in [0.25, 0.3) is 12.2 Å². The highest BCUT2D eigenvalue weighted by Gasteiger charge is 2.12. The van der Waals surface area contributed by atoms with Crippen molar-refractivity contribution in [1.82, 2.24) is 0 Å². The number of benzene rings is 3. The van der Waals surface area contributed by atoms with E-state index in [1.165, 1.54) is 11.1 Å². The molecule has 4 rings (SSSR count). The molecular weight excluding hydrogens is 412 g/mol. The van der Waals surface area contributed by atoms with Crippen LogP contribution in [-0.2, 0) is 7.05 Å². The number of aryl methyl sites for hydroxylation is 1. The van der Waals surface area contributed by atoms with Gasteiger partial charge in [0, 0.05) is 28.7 Å². The first-order chi connectivity index (χ1) is 16.7. The normalized spacial score (nSPS) is 10.9. The van der Waals surface area contributed by atoms with Gasteiger partial charge in [0.05, 0.1) is 5.56 Å². The summed E-state index contributed by atoms with van der Waals surface area (Å²) in [5.74, 6) is 6.53. The molecule has 166 valence electrons. The van der Waals surface area contributed by atoms with Crippen LogP contribution < -0.4 is 9.47 Å². The summed E-state index contributed by atoms with van der Waals surface area (Å²) in [5, 5.41) is 0. The monoisotopic (exact) mass is 441 g/mol. The highest BCUT2D eigenvalue weighted by Crippen LogP contribution is 2.35. The maximum atomic E-state index is 3.28. The van der Waals surface area contributed by atoms with Gasteiger partial charge in [0.1, 0.15) is 7.05 Å². The van der Waals surface area contributed by atoms with Crippen LogP contribution in [0.4, 0.5) is 17.1 Å². The standard InChI is InChI=1S/C32H29N2/c1-4-7-26-12-18-30(19-13-26)34(31-20-14-27(8-5-2)15-21-31)32-22-16-28(17-23-32)10-11-29-9-6-24-33(3)25-29/h4-9,12-25H,1-3H3/q+1/b7-4+,8-5+. The Balaban J connectivity index is 1.68. The topological polar surface area (TPSA) is 7.12 Å². The molecule has 0 atom stereocenters. The zero-order chi connectivity index (χ0) is 23.8. The van der Waals surface area contributed by atoms with E-state index in [0.29, 0.717) is 0 Å². The van der Waals surface area contributed by atoms with E-state index in [-0.39, 0.29) is 0 Å². The molecule has 0 bridgehead atoms. The van der Waals surface area contributed by atoms with Crippen molar-refractivity contribution in [3.05, 3.63) is 132 Å². The lowest BCUT2D eigenvalue weighted by Gasteiger charge is -2.25. The predicted molar refractivity (Wildman–Crippen MR) is 144 cm³/mol. The number of pyridine rings is 1. The van der Waals surface area contributed by atoms with Crippen LogP contribution in [0.3, 0.4) is 0 Å². The van der Waals surface area contributed by atoms with Gasteiger partial charge in [0.25, 0.3) is 0 Å². The van der Waals surface area contributed by atoms with Gasteiger partial charge in [0.2, 0.25) is 0 Å². The van der Waals surface area contributed by atoms with Crippen molar-refractivity contribution < 1.29 is 4.57 Å². The fourth-order valence-corrected chi connectivity index (χ4v) is 3.80. The lowest BCUT2D eigenvalue weighted by atomic mass is 10.1. The zero-order valence-electron chi connectivity index (χ0n) is 19.9. The number of rotatable bonds is 5. The van der Waals surface area contributed by atoms with Crippen LogP contribution >= 0.6 is 0 Å². The summed E-state index contributed by atoms with van der Waals surface area (Å²) in [6.45, 7) is 4.07. The molecule has 0 fully saturated rings. The molecule has 0 aliphatic rings. The Labute approximate surface area is 203 Å². The first kappa shape index (κ1) is 22.8. The molecule has 0 saturated carbocycles. The zero-order valence-corrected chi connectivity index (χ0v) is 19.9. The Hall–Kier alpha value is -4.35. The summed E-state index contributed by atoms with van der Waals surface area (Å²) in [6, 6.07) is 29.7. The van der Waals surface area contributed by atoms with Gasteiger partial charge in [-0.1, -0.05) is 60.4 Å². The van der Waals surface area contributed by atoms with E-state index in [9.17, 15) is 0 Å². The third-order valence-electron chi connectivity index (χ3n) is 5.44. The molecule has 2 nitrogen and oxygen atoms in total. The van der Waals surface area contributed by atoms with Crippen molar-refractivity contribution in [2.75, 3.05) is 4.90 Å². The molecule has 1 heterocycles. The second-order valence-corrected chi connectivity index (χ2v) is 8.07. The third kappa shape index (κ3) is 5.71. The van der Waals surface area contributed by atoms with Gasteiger partial charge in [-0.05, 0) is 79.6 Å². The first-order valence-electron chi connectivity index (χ1n) is 11.5. The number of hydrogen-bond donors (Lipinski definition) is 0. The van der Waals surface area contributed by atoms with Crippen molar-refractivity contribution in [3.63, 3.8) is 0 Å². The van der Waals surface area contributed by atoms with Gasteiger partial charge in [-0.15, -0.1) is 0 Å². The molecule has 0 aliphatic heterocycles. The number of nitrogens with zero attached hydrogens (tertiary/aromatic N) is 2. The molecule has 2 heteroatoms. The minimum Gasteiger partial charge on any atom is -0.311 e. The van der Waals surface area contributed by atoms with E-state index in [1.807, 2.05) is 50.0 Å². The van der Waals surface area contributed by atoms with Crippen molar-refractivity contribution in [2.24, 2.45) is 7.05 Å². The number of aromatic nitrogens is 1. The Kier molecular flexibility index (Phi) is 7.38. The van der Waals surface area contributed by atoms with Crippen molar-refractivity contribution in [2.45, 2.75) is 13.8 Å². The SMILES string of the molecule is C/C=C/c1ccc(N(c2ccc(C#Cc3ccc[n+](C)c3)cc2)c2ccc(/C=C/C)cc2)cc1. The summed E-state index contributed by atoms with van der Waals surface area (Å²) < 4.78 is 2.01. The molecule has 0 N–H and O–H groups in total. The molecular formula is C32H29N2+. The number of allylic oxidation sites excluding steroid dienone is 2. The molecule has 1 aromatic heterocycles. The van der Waals surface area contributed by atoms with Gasteiger partial charge in [-0.3, -0.25) is 0 Å². The predicted octanol–water partition coefficient (Wildman–Crippen LogP) is 7.45. The first-order valence-corrected chi connectivity index (χ1v) is 11.5. The fourth-order valence-electron chi connectivity index (χ4n) is 3.80. The number of hydrogen-bond acceptors (Lipinski definition) is 1. The summed E-state index contributed by atoms with van der Waals surface area (Å²) in [4.78, 5) is 2.27. The smallest absolute Gasteiger partial charge is 0.184 e. The van der Waals surface area contributed by atoms with E-state index in [2.05, 4.69) is 114 Å². The largest absolute Gasteiger partial charge is 0.311 e. The highest BCUT2D eigenvalue weighted by atomic mass is 15.1.